The summed E-state index contributed by atoms with van der Waals surface area (Å²) in [5, 5.41) is 0. The van der Waals surface area contributed by atoms with Gasteiger partial charge in [-0.3, -0.25) is 4.90 Å². The summed E-state index contributed by atoms with van der Waals surface area (Å²) in [6.07, 6.45) is 10.6. The maximum absolute atomic E-state index is 2.85. The van der Waals surface area contributed by atoms with E-state index in [1.165, 1.54) is 32.2 Å². The van der Waals surface area contributed by atoms with Crippen LogP contribution in [-0.2, 0) is 0 Å². The Balaban J connectivity index is 1.79. The van der Waals surface area contributed by atoms with E-state index in [1.54, 1.807) is 0 Å². The molecule has 1 aliphatic heterocycles. The van der Waals surface area contributed by atoms with Crippen LogP contribution in [-0.4, -0.2) is 23.0 Å². The van der Waals surface area contributed by atoms with E-state index in [1.807, 2.05) is 0 Å². The Morgan fingerprint density at radius 1 is 0.893 bits per heavy atom. The van der Waals surface area contributed by atoms with Crippen molar-refractivity contribution in [3.05, 3.63) is 12.2 Å². The van der Waals surface area contributed by atoms with Gasteiger partial charge in [0.1, 0.15) is 0 Å². The minimum absolute atomic E-state index is 0.273. The second-order valence-electron chi connectivity index (χ2n) is 14.4. The van der Waals surface area contributed by atoms with Crippen molar-refractivity contribution in [2.24, 2.45) is 39.4 Å². The molecule has 0 radical (unpaired) electrons. The first-order valence-electron chi connectivity index (χ1n) is 11.9. The van der Waals surface area contributed by atoms with Gasteiger partial charge in [0.25, 0.3) is 0 Å². The summed E-state index contributed by atoms with van der Waals surface area (Å²) >= 11 is 0. The third-order valence-corrected chi connectivity index (χ3v) is 8.59. The van der Waals surface area contributed by atoms with Gasteiger partial charge < -0.3 is 0 Å². The first kappa shape index (κ1) is 22.4. The lowest BCUT2D eigenvalue weighted by molar-refractivity contribution is 0.0248. The minimum atomic E-state index is 0.273. The van der Waals surface area contributed by atoms with Crippen molar-refractivity contribution in [3.63, 3.8) is 0 Å². The third kappa shape index (κ3) is 3.86. The molecule has 5 atom stereocenters. The highest BCUT2D eigenvalue weighted by atomic mass is 15.3. The lowest BCUT2D eigenvalue weighted by Crippen LogP contribution is -2.52. The van der Waals surface area contributed by atoms with Crippen LogP contribution in [0, 0.1) is 39.4 Å². The molecule has 0 bridgehead atoms. The van der Waals surface area contributed by atoms with E-state index in [0.29, 0.717) is 21.7 Å². The van der Waals surface area contributed by atoms with Crippen LogP contribution < -0.4 is 0 Å². The van der Waals surface area contributed by atoms with E-state index in [4.69, 9.17) is 0 Å². The molecule has 1 nitrogen and oxygen atoms in total. The molecule has 0 N–H and O–H groups in total. The van der Waals surface area contributed by atoms with Gasteiger partial charge in [0.05, 0.1) is 0 Å². The molecule has 1 heteroatoms. The summed E-state index contributed by atoms with van der Waals surface area (Å²) in [5.41, 5.74) is 2.00. The number of hydrogen-bond acceptors (Lipinski definition) is 1. The molecule has 0 amide bonds. The predicted molar refractivity (Wildman–Crippen MR) is 123 cm³/mol. The van der Waals surface area contributed by atoms with Crippen molar-refractivity contribution in [3.8, 4) is 0 Å². The van der Waals surface area contributed by atoms with Crippen molar-refractivity contribution in [1.82, 2.24) is 4.90 Å². The largest absolute Gasteiger partial charge is 0.294 e. The van der Waals surface area contributed by atoms with Gasteiger partial charge in [-0.1, -0.05) is 67.5 Å². The molecule has 0 aromatic carbocycles. The quantitative estimate of drug-likeness (QED) is 0.451. The van der Waals surface area contributed by atoms with Gasteiger partial charge in [0.2, 0.25) is 0 Å². The number of hydrogen-bond donors (Lipinski definition) is 0. The lowest BCUT2D eigenvalue weighted by Gasteiger charge is -2.46. The summed E-state index contributed by atoms with van der Waals surface area (Å²) in [6, 6.07) is 0.721. The Morgan fingerprint density at radius 3 is 2.00 bits per heavy atom. The zero-order valence-electron chi connectivity index (χ0n) is 20.9. The summed E-state index contributed by atoms with van der Waals surface area (Å²) < 4.78 is 0. The van der Waals surface area contributed by atoms with Crippen LogP contribution in [0.15, 0.2) is 12.2 Å². The van der Waals surface area contributed by atoms with Gasteiger partial charge in [0, 0.05) is 11.6 Å². The van der Waals surface area contributed by atoms with Gasteiger partial charge in [-0.15, -0.1) is 0 Å². The number of nitrogens with zero attached hydrogens (tertiary/aromatic N) is 1. The maximum atomic E-state index is 2.85. The first-order valence-corrected chi connectivity index (χ1v) is 11.9. The molecule has 3 aliphatic rings. The predicted octanol–water partition coefficient (Wildman–Crippen LogP) is 7.57. The normalized spacial score (nSPS) is 37.2. The van der Waals surface area contributed by atoms with Gasteiger partial charge in [-0.25, -0.2) is 0 Å². The summed E-state index contributed by atoms with van der Waals surface area (Å²) in [7, 11) is 0. The smallest absolute Gasteiger partial charge is 0.0209 e. The van der Waals surface area contributed by atoms with Crippen molar-refractivity contribution in [1.29, 1.82) is 0 Å². The molecule has 1 saturated carbocycles. The lowest BCUT2D eigenvalue weighted by atomic mass is 9.63. The zero-order valence-corrected chi connectivity index (χ0v) is 20.9. The van der Waals surface area contributed by atoms with E-state index >= 15 is 0 Å². The highest BCUT2D eigenvalue weighted by Crippen LogP contribution is 2.69. The molecule has 5 unspecified atom stereocenters. The molecule has 162 valence electrons. The van der Waals surface area contributed by atoms with E-state index < -0.39 is 0 Å². The summed E-state index contributed by atoms with van der Waals surface area (Å²) in [5.74, 6) is 2.44. The average molecular weight is 388 g/mol. The minimum Gasteiger partial charge on any atom is -0.294 e. The van der Waals surface area contributed by atoms with Gasteiger partial charge in [-0.2, -0.15) is 0 Å². The van der Waals surface area contributed by atoms with Crippen LogP contribution >= 0.6 is 0 Å². The van der Waals surface area contributed by atoms with E-state index in [0.717, 1.165) is 23.8 Å². The number of rotatable bonds is 3. The highest BCUT2D eigenvalue weighted by molar-refractivity contribution is 5.19. The average Bonchev–Trinajstić information content (AvgIpc) is 2.90. The van der Waals surface area contributed by atoms with Crippen LogP contribution in [0.3, 0.4) is 0 Å². The van der Waals surface area contributed by atoms with Crippen LogP contribution in [0.2, 0.25) is 0 Å². The Kier molecular flexibility index (Phi) is 5.28. The fraction of sp³-hybridized carbons (Fsp3) is 0.926. The third-order valence-electron chi connectivity index (χ3n) is 8.59. The second-order valence-corrected chi connectivity index (χ2v) is 14.4. The van der Waals surface area contributed by atoms with E-state index in [2.05, 4.69) is 93.2 Å². The Morgan fingerprint density at radius 2 is 1.50 bits per heavy atom. The second kappa shape index (κ2) is 6.60. The topological polar surface area (TPSA) is 3.24 Å². The zero-order chi connectivity index (χ0) is 21.3. The SMILES string of the molecule is CC(C)(C)C1CC=CC1C(C)(C)CC1CC12CCN(C(C)(C)C)C2C(C)(C)C. The highest BCUT2D eigenvalue weighted by Gasteiger charge is 2.67. The van der Waals surface area contributed by atoms with Crippen molar-refractivity contribution in [2.45, 2.75) is 113 Å². The fourth-order valence-electron chi connectivity index (χ4n) is 7.39. The Hall–Kier alpha value is -0.300. The van der Waals surface area contributed by atoms with Crippen LogP contribution in [0.5, 0.6) is 0 Å². The molecule has 1 heterocycles. The molecule has 28 heavy (non-hydrogen) atoms. The molecular formula is C27H49N. The molecule has 1 spiro atoms. The Labute approximate surface area is 176 Å². The van der Waals surface area contributed by atoms with Crippen LogP contribution in [0.1, 0.15) is 102 Å². The molecule has 2 aliphatic carbocycles. The molecular weight excluding hydrogens is 338 g/mol. The van der Waals surface area contributed by atoms with E-state index in [-0.39, 0.29) is 5.54 Å². The first-order chi connectivity index (χ1) is 12.5. The molecule has 3 rings (SSSR count). The fourth-order valence-corrected chi connectivity index (χ4v) is 7.39. The molecule has 2 fully saturated rings. The molecule has 1 saturated heterocycles. The van der Waals surface area contributed by atoms with Gasteiger partial charge >= 0.3 is 0 Å². The van der Waals surface area contributed by atoms with Crippen molar-refractivity contribution in [2.75, 3.05) is 6.54 Å². The standard InChI is InChI=1S/C27H49N/c1-23(2,3)20-13-12-14-21(20)26(10,11)17-19-18-27(19)15-16-28(25(7,8)9)22(27)24(4,5)6/h12,14,19-22H,13,15-18H2,1-11H3. The van der Waals surface area contributed by atoms with Crippen molar-refractivity contribution < 1.29 is 0 Å². The van der Waals surface area contributed by atoms with Crippen LogP contribution in [0.4, 0.5) is 0 Å². The van der Waals surface area contributed by atoms with Crippen LogP contribution in [0.25, 0.3) is 0 Å². The number of likely N-dealkylation sites (tertiary alicyclic amines) is 1. The van der Waals surface area contributed by atoms with Gasteiger partial charge in [-0.05, 0) is 92.4 Å². The summed E-state index contributed by atoms with van der Waals surface area (Å²) in [4.78, 5) is 2.85. The maximum Gasteiger partial charge on any atom is 0.0209 e. The monoisotopic (exact) mass is 387 g/mol. The Bertz CT molecular complexity index is 606. The van der Waals surface area contributed by atoms with Gasteiger partial charge in [0.15, 0.2) is 0 Å². The number of allylic oxidation sites excluding steroid dienone is 2. The molecule has 0 aromatic rings. The van der Waals surface area contributed by atoms with E-state index in [9.17, 15) is 0 Å². The molecule has 0 aromatic heterocycles. The summed E-state index contributed by atoms with van der Waals surface area (Å²) in [6.45, 7) is 28.5. The van der Waals surface area contributed by atoms with Crippen molar-refractivity contribution >= 4 is 0 Å².